The van der Waals surface area contributed by atoms with Gasteiger partial charge in [0.1, 0.15) is 0 Å². The van der Waals surface area contributed by atoms with Crippen LogP contribution in [0.5, 0.6) is 11.5 Å². The van der Waals surface area contributed by atoms with Crippen molar-refractivity contribution in [1.82, 2.24) is 4.98 Å². The first-order valence-electron chi connectivity index (χ1n) is 7.94. The second-order valence-corrected chi connectivity index (χ2v) is 6.99. The second-order valence-electron chi connectivity index (χ2n) is 5.43. The van der Waals surface area contributed by atoms with E-state index < -0.39 is 0 Å². The highest BCUT2D eigenvalue weighted by molar-refractivity contribution is 7.15. The van der Waals surface area contributed by atoms with E-state index in [1.165, 1.54) is 11.3 Å². The normalized spacial score (nSPS) is 10.6. The molecule has 0 aliphatic rings. The molecule has 25 heavy (non-hydrogen) atoms. The number of benzene rings is 2. The van der Waals surface area contributed by atoms with E-state index >= 15 is 0 Å². The number of hydrogen-bond donors (Lipinski definition) is 1. The summed E-state index contributed by atoms with van der Waals surface area (Å²) in [7, 11) is 1.64. The van der Waals surface area contributed by atoms with Gasteiger partial charge in [-0.2, -0.15) is 0 Å². The zero-order chi connectivity index (χ0) is 17.6. The van der Waals surface area contributed by atoms with Crippen LogP contribution in [0.3, 0.4) is 0 Å². The molecule has 1 aromatic heterocycles. The molecule has 2 N–H and O–H groups in total. The average Bonchev–Trinajstić information content (AvgIpc) is 3.00. The molecule has 0 bridgehead atoms. The van der Waals surface area contributed by atoms with Gasteiger partial charge < -0.3 is 15.2 Å². The van der Waals surface area contributed by atoms with E-state index in [-0.39, 0.29) is 0 Å². The molecule has 0 saturated heterocycles. The number of thiazole rings is 1. The van der Waals surface area contributed by atoms with Crippen molar-refractivity contribution in [1.29, 1.82) is 0 Å². The van der Waals surface area contributed by atoms with Crippen LogP contribution in [0.4, 0.5) is 5.13 Å². The van der Waals surface area contributed by atoms with Gasteiger partial charge in [0.25, 0.3) is 0 Å². The van der Waals surface area contributed by atoms with Crippen LogP contribution in [0.25, 0.3) is 11.3 Å². The Morgan fingerprint density at radius 2 is 1.80 bits per heavy atom. The second kappa shape index (κ2) is 8.23. The van der Waals surface area contributed by atoms with Gasteiger partial charge in [-0.15, -0.1) is 11.3 Å². The molecule has 0 saturated carbocycles. The number of para-hydroxylation sites is 2. The first-order valence-corrected chi connectivity index (χ1v) is 9.14. The smallest absolute Gasteiger partial charge is 0.180 e. The fourth-order valence-electron chi connectivity index (χ4n) is 2.53. The molecule has 2 aromatic carbocycles. The van der Waals surface area contributed by atoms with Crippen LogP contribution in [-0.2, 0) is 6.42 Å². The van der Waals surface area contributed by atoms with Crippen molar-refractivity contribution in [2.45, 2.75) is 12.8 Å². The number of nitrogens with zero attached hydrogens (tertiary/aromatic N) is 1. The third kappa shape index (κ3) is 4.44. The molecule has 0 spiro atoms. The maximum atomic E-state index is 5.96. The standard InChI is InChI=1S/C19H19ClN2O2S/c1-23-15-5-2-3-6-16(15)24-12-4-7-17-18(22-19(21)25-17)13-8-10-14(20)11-9-13/h2-3,5-6,8-11H,4,7,12H2,1H3,(H2,21,22). The van der Waals surface area contributed by atoms with Gasteiger partial charge in [0.15, 0.2) is 16.6 Å². The molecule has 1 heterocycles. The maximum absolute atomic E-state index is 5.96. The zero-order valence-electron chi connectivity index (χ0n) is 13.9. The molecule has 0 unspecified atom stereocenters. The van der Waals surface area contributed by atoms with Gasteiger partial charge in [-0.3, -0.25) is 0 Å². The summed E-state index contributed by atoms with van der Waals surface area (Å²) in [6, 6.07) is 15.3. The van der Waals surface area contributed by atoms with Gasteiger partial charge in [-0.25, -0.2) is 4.98 Å². The van der Waals surface area contributed by atoms with Gasteiger partial charge >= 0.3 is 0 Å². The predicted molar refractivity (Wildman–Crippen MR) is 104 cm³/mol. The fraction of sp³-hybridized carbons (Fsp3) is 0.211. The van der Waals surface area contributed by atoms with E-state index in [4.69, 9.17) is 26.8 Å². The highest BCUT2D eigenvalue weighted by atomic mass is 35.5. The van der Waals surface area contributed by atoms with Crippen LogP contribution < -0.4 is 15.2 Å². The summed E-state index contributed by atoms with van der Waals surface area (Å²) in [4.78, 5) is 5.62. The number of halogens is 1. The van der Waals surface area contributed by atoms with Crippen molar-refractivity contribution in [2.24, 2.45) is 0 Å². The summed E-state index contributed by atoms with van der Waals surface area (Å²) >= 11 is 7.48. The Morgan fingerprint density at radius 1 is 1.08 bits per heavy atom. The Balaban J connectivity index is 1.63. The third-order valence-corrected chi connectivity index (χ3v) is 4.90. The van der Waals surface area contributed by atoms with Crippen LogP contribution >= 0.6 is 22.9 Å². The minimum absolute atomic E-state index is 0.575. The summed E-state index contributed by atoms with van der Waals surface area (Å²) < 4.78 is 11.1. The molecule has 0 fully saturated rings. The molecule has 130 valence electrons. The number of hydrogen-bond acceptors (Lipinski definition) is 5. The highest BCUT2D eigenvalue weighted by Crippen LogP contribution is 2.31. The number of nitrogen functional groups attached to an aromatic ring is 1. The number of rotatable bonds is 7. The van der Waals surface area contributed by atoms with E-state index in [1.807, 2.05) is 48.5 Å². The van der Waals surface area contributed by atoms with E-state index in [1.54, 1.807) is 7.11 Å². The van der Waals surface area contributed by atoms with Gasteiger partial charge in [-0.1, -0.05) is 35.9 Å². The highest BCUT2D eigenvalue weighted by Gasteiger charge is 2.12. The lowest BCUT2D eigenvalue weighted by atomic mass is 10.1. The largest absolute Gasteiger partial charge is 0.493 e. The van der Waals surface area contributed by atoms with Gasteiger partial charge in [-0.05, 0) is 37.1 Å². The number of ether oxygens (including phenoxy) is 2. The van der Waals surface area contributed by atoms with E-state index in [2.05, 4.69) is 4.98 Å². The van der Waals surface area contributed by atoms with Crippen LogP contribution in [0.1, 0.15) is 11.3 Å². The number of nitrogens with two attached hydrogens (primary N) is 1. The Bertz CT molecular complexity index is 834. The van der Waals surface area contributed by atoms with Crippen molar-refractivity contribution in [3.63, 3.8) is 0 Å². The summed E-state index contributed by atoms with van der Waals surface area (Å²) in [5.74, 6) is 1.50. The molecule has 3 rings (SSSR count). The Labute approximate surface area is 156 Å². The first-order chi connectivity index (χ1) is 12.2. The van der Waals surface area contributed by atoms with Crippen molar-refractivity contribution >= 4 is 28.1 Å². The van der Waals surface area contributed by atoms with Gasteiger partial charge in [0.2, 0.25) is 0 Å². The first kappa shape index (κ1) is 17.6. The Kier molecular flexibility index (Phi) is 5.79. The quantitative estimate of drug-likeness (QED) is 0.587. The van der Waals surface area contributed by atoms with Crippen LogP contribution in [0.2, 0.25) is 5.02 Å². The van der Waals surface area contributed by atoms with E-state index in [0.717, 1.165) is 40.5 Å². The number of aryl methyl sites for hydroxylation is 1. The average molecular weight is 375 g/mol. The van der Waals surface area contributed by atoms with Crippen molar-refractivity contribution in [3.8, 4) is 22.8 Å². The lowest BCUT2D eigenvalue weighted by Gasteiger charge is -2.10. The molecular weight excluding hydrogens is 356 g/mol. The van der Waals surface area contributed by atoms with Gasteiger partial charge in [0.05, 0.1) is 19.4 Å². The van der Waals surface area contributed by atoms with E-state index in [0.29, 0.717) is 16.8 Å². The molecule has 0 amide bonds. The van der Waals surface area contributed by atoms with Crippen molar-refractivity contribution in [2.75, 3.05) is 19.5 Å². The molecule has 4 nitrogen and oxygen atoms in total. The molecule has 0 aliphatic heterocycles. The summed E-state index contributed by atoms with van der Waals surface area (Å²) in [5, 5.41) is 1.28. The molecule has 6 heteroatoms. The van der Waals surface area contributed by atoms with Crippen molar-refractivity contribution < 1.29 is 9.47 Å². The minimum Gasteiger partial charge on any atom is -0.493 e. The van der Waals surface area contributed by atoms with E-state index in [9.17, 15) is 0 Å². The fourth-order valence-corrected chi connectivity index (χ4v) is 3.55. The summed E-state index contributed by atoms with van der Waals surface area (Å²) in [6.07, 6.45) is 1.71. The molecule has 0 aliphatic carbocycles. The molecule has 0 radical (unpaired) electrons. The predicted octanol–water partition coefficient (Wildman–Crippen LogP) is 5.07. The van der Waals surface area contributed by atoms with Crippen LogP contribution in [0, 0.1) is 0 Å². The molecule has 0 atom stereocenters. The Hall–Kier alpha value is -2.24. The maximum Gasteiger partial charge on any atom is 0.180 e. The third-order valence-electron chi connectivity index (χ3n) is 3.71. The lowest BCUT2D eigenvalue weighted by molar-refractivity contribution is 0.290. The molecule has 3 aromatic rings. The van der Waals surface area contributed by atoms with Crippen molar-refractivity contribution in [3.05, 3.63) is 58.4 Å². The SMILES string of the molecule is COc1ccccc1OCCCc1sc(N)nc1-c1ccc(Cl)cc1. The summed E-state index contributed by atoms with van der Waals surface area (Å²) in [5.41, 5.74) is 7.87. The number of aromatic nitrogens is 1. The summed E-state index contributed by atoms with van der Waals surface area (Å²) in [6.45, 7) is 0.595. The number of methoxy groups -OCH3 is 1. The monoisotopic (exact) mass is 374 g/mol. The van der Waals surface area contributed by atoms with Crippen LogP contribution in [0.15, 0.2) is 48.5 Å². The Morgan fingerprint density at radius 3 is 2.52 bits per heavy atom. The lowest BCUT2D eigenvalue weighted by Crippen LogP contribution is -2.00. The molecular formula is C19H19ClN2O2S. The topological polar surface area (TPSA) is 57.4 Å². The zero-order valence-corrected chi connectivity index (χ0v) is 15.4. The van der Waals surface area contributed by atoms with Crippen LogP contribution in [-0.4, -0.2) is 18.7 Å². The minimum atomic E-state index is 0.575. The van der Waals surface area contributed by atoms with Gasteiger partial charge in [0, 0.05) is 15.5 Å². The number of anilines is 1.